The van der Waals surface area contributed by atoms with E-state index >= 15 is 0 Å². The summed E-state index contributed by atoms with van der Waals surface area (Å²) in [6.45, 7) is -0.130. The van der Waals surface area contributed by atoms with Gasteiger partial charge < -0.3 is 10.6 Å². The highest BCUT2D eigenvalue weighted by Crippen LogP contribution is 2.22. The summed E-state index contributed by atoms with van der Waals surface area (Å²) in [4.78, 5) is 29.3. The van der Waals surface area contributed by atoms with Gasteiger partial charge in [0.15, 0.2) is 5.13 Å². The number of benzene rings is 2. The zero-order valence-electron chi connectivity index (χ0n) is 14.0. The summed E-state index contributed by atoms with van der Waals surface area (Å²) in [5.41, 5.74) is 1.56. The SMILES string of the molecule is O=C(CNC(=O)c1cccc(Br)c1)Nc1ncc(Cc2cccc(Cl)c2)s1. The predicted octanol–water partition coefficient (Wildman–Crippen LogP) is 4.52. The van der Waals surface area contributed by atoms with Crippen molar-refractivity contribution in [1.82, 2.24) is 10.3 Å². The topological polar surface area (TPSA) is 71.1 Å². The van der Waals surface area contributed by atoms with Crippen LogP contribution in [0.4, 0.5) is 5.13 Å². The fraction of sp³-hybridized carbons (Fsp3) is 0.105. The smallest absolute Gasteiger partial charge is 0.251 e. The number of anilines is 1. The first-order chi connectivity index (χ1) is 13.0. The lowest BCUT2D eigenvalue weighted by molar-refractivity contribution is -0.115. The van der Waals surface area contributed by atoms with Crippen molar-refractivity contribution in [2.75, 3.05) is 11.9 Å². The number of rotatable bonds is 6. The molecule has 0 radical (unpaired) electrons. The van der Waals surface area contributed by atoms with Crippen LogP contribution in [0.15, 0.2) is 59.2 Å². The Hall–Kier alpha value is -2.22. The van der Waals surface area contributed by atoms with Crippen molar-refractivity contribution >= 4 is 55.8 Å². The molecule has 0 saturated heterocycles. The van der Waals surface area contributed by atoms with Crippen LogP contribution < -0.4 is 10.6 Å². The molecule has 2 aromatic carbocycles. The number of amides is 2. The first-order valence-corrected chi connectivity index (χ1v) is 10.0. The van der Waals surface area contributed by atoms with E-state index in [0.29, 0.717) is 22.1 Å². The molecule has 0 bridgehead atoms. The molecule has 0 aliphatic carbocycles. The molecule has 3 aromatic rings. The largest absolute Gasteiger partial charge is 0.343 e. The number of nitrogens with zero attached hydrogens (tertiary/aromatic N) is 1. The molecule has 0 saturated carbocycles. The van der Waals surface area contributed by atoms with Gasteiger partial charge in [-0.25, -0.2) is 4.98 Å². The maximum Gasteiger partial charge on any atom is 0.251 e. The Balaban J connectivity index is 1.51. The summed E-state index contributed by atoms with van der Waals surface area (Å²) < 4.78 is 0.801. The van der Waals surface area contributed by atoms with E-state index in [1.54, 1.807) is 24.4 Å². The molecule has 5 nitrogen and oxygen atoms in total. The van der Waals surface area contributed by atoms with Gasteiger partial charge in [-0.05, 0) is 35.9 Å². The minimum atomic E-state index is -0.331. The zero-order valence-corrected chi connectivity index (χ0v) is 17.2. The molecular weight excluding hydrogens is 450 g/mol. The maximum atomic E-state index is 12.1. The molecule has 1 aromatic heterocycles. The molecule has 0 aliphatic heterocycles. The molecule has 0 unspecified atom stereocenters. The summed E-state index contributed by atoms with van der Waals surface area (Å²) in [6, 6.07) is 14.6. The van der Waals surface area contributed by atoms with Crippen LogP contribution in [-0.4, -0.2) is 23.3 Å². The number of hydrogen-bond donors (Lipinski definition) is 2. The van der Waals surface area contributed by atoms with E-state index in [9.17, 15) is 9.59 Å². The fourth-order valence-corrected chi connectivity index (χ4v) is 3.83. The zero-order chi connectivity index (χ0) is 19.2. The van der Waals surface area contributed by atoms with Gasteiger partial charge in [-0.3, -0.25) is 9.59 Å². The Kier molecular flexibility index (Phi) is 6.60. The average Bonchev–Trinajstić information content (AvgIpc) is 3.06. The first-order valence-electron chi connectivity index (χ1n) is 8.02. The molecule has 0 fully saturated rings. The Bertz CT molecular complexity index is 977. The number of aromatic nitrogens is 1. The molecule has 8 heteroatoms. The van der Waals surface area contributed by atoms with Crippen LogP contribution in [0.25, 0.3) is 0 Å². The second-order valence-corrected chi connectivity index (χ2v) is 8.15. The van der Waals surface area contributed by atoms with Crippen molar-refractivity contribution in [1.29, 1.82) is 0 Å². The van der Waals surface area contributed by atoms with Gasteiger partial charge in [0.1, 0.15) is 0 Å². The summed E-state index contributed by atoms with van der Waals surface area (Å²) in [7, 11) is 0. The van der Waals surface area contributed by atoms with Gasteiger partial charge in [0.05, 0.1) is 6.54 Å². The summed E-state index contributed by atoms with van der Waals surface area (Å²) in [5, 5.41) is 6.47. The molecule has 138 valence electrons. The van der Waals surface area contributed by atoms with Crippen molar-refractivity contribution in [3.05, 3.63) is 80.2 Å². The highest BCUT2D eigenvalue weighted by molar-refractivity contribution is 9.10. The third-order valence-electron chi connectivity index (χ3n) is 3.56. The normalized spacial score (nSPS) is 10.4. The standard InChI is InChI=1S/C19H15BrClN3O2S/c20-14-5-2-4-13(9-14)18(26)22-11-17(25)24-19-23-10-16(27-19)8-12-3-1-6-15(21)7-12/h1-7,9-10H,8,11H2,(H,22,26)(H,23,24,25). The lowest BCUT2D eigenvalue weighted by Crippen LogP contribution is -2.32. The molecule has 2 N–H and O–H groups in total. The van der Waals surface area contributed by atoms with Crippen molar-refractivity contribution < 1.29 is 9.59 Å². The lowest BCUT2D eigenvalue weighted by Gasteiger charge is -2.05. The Morgan fingerprint density at radius 1 is 1.15 bits per heavy atom. The van der Waals surface area contributed by atoms with Crippen LogP contribution in [0.5, 0.6) is 0 Å². The molecule has 0 spiro atoms. The number of hydrogen-bond acceptors (Lipinski definition) is 4. The summed E-state index contributed by atoms with van der Waals surface area (Å²) in [5.74, 6) is -0.644. The van der Waals surface area contributed by atoms with E-state index in [-0.39, 0.29) is 18.4 Å². The van der Waals surface area contributed by atoms with E-state index in [2.05, 4.69) is 31.5 Å². The maximum absolute atomic E-state index is 12.1. The van der Waals surface area contributed by atoms with Gasteiger partial charge in [0.25, 0.3) is 5.91 Å². The highest BCUT2D eigenvalue weighted by atomic mass is 79.9. The molecule has 27 heavy (non-hydrogen) atoms. The first kappa shape index (κ1) is 19.5. The van der Waals surface area contributed by atoms with E-state index < -0.39 is 0 Å². The monoisotopic (exact) mass is 463 g/mol. The van der Waals surface area contributed by atoms with Crippen molar-refractivity contribution in [2.24, 2.45) is 0 Å². The van der Waals surface area contributed by atoms with E-state index in [4.69, 9.17) is 11.6 Å². The molecule has 2 amide bonds. The molecule has 0 aliphatic rings. The van der Waals surface area contributed by atoms with Gasteiger partial charge in [-0.2, -0.15) is 0 Å². The third-order valence-corrected chi connectivity index (χ3v) is 5.20. The molecule has 0 atom stereocenters. The summed E-state index contributed by atoms with van der Waals surface area (Å²) in [6.07, 6.45) is 2.41. The Labute approximate surface area is 173 Å². The molecule has 3 rings (SSSR count). The van der Waals surface area contributed by atoms with Crippen LogP contribution in [0, 0.1) is 0 Å². The van der Waals surface area contributed by atoms with Gasteiger partial charge in [0, 0.05) is 32.6 Å². The van der Waals surface area contributed by atoms with Gasteiger partial charge in [-0.15, -0.1) is 11.3 Å². The van der Waals surface area contributed by atoms with Gasteiger partial charge in [0.2, 0.25) is 5.91 Å². The number of thiazole rings is 1. The van der Waals surface area contributed by atoms with Crippen LogP contribution >= 0.6 is 38.9 Å². The number of halogens is 2. The second kappa shape index (κ2) is 9.12. The van der Waals surface area contributed by atoms with Crippen LogP contribution in [0.2, 0.25) is 5.02 Å². The van der Waals surface area contributed by atoms with Crippen molar-refractivity contribution in [3.8, 4) is 0 Å². The summed E-state index contributed by atoms with van der Waals surface area (Å²) >= 11 is 10.7. The average molecular weight is 465 g/mol. The minimum absolute atomic E-state index is 0.130. The molecular formula is C19H15BrClN3O2S. The fourth-order valence-electron chi connectivity index (χ4n) is 2.35. The van der Waals surface area contributed by atoms with Crippen molar-refractivity contribution in [3.63, 3.8) is 0 Å². The minimum Gasteiger partial charge on any atom is -0.343 e. The predicted molar refractivity (Wildman–Crippen MR) is 111 cm³/mol. The number of carbonyl (C=O) groups is 2. The third kappa shape index (κ3) is 5.89. The van der Waals surface area contributed by atoms with E-state index in [1.165, 1.54) is 11.3 Å². The molecule has 1 heterocycles. The Morgan fingerprint density at radius 2 is 1.96 bits per heavy atom. The quantitative estimate of drug-likeness (QED) is 0.563. The van der Waals surface area contributed by atoms with Crippen LogP contribution in [0.1, 0.15) is 20.8 Å². The Morgan fingerprint density at radius 3 is 2.74 bits per heavy atom. The van der Waals surface area contributed by atoms with Crippen LogP contribution in [0.3, 0.4) is 0 Å². The van der Waals surface area contributed by atoms with E-state index in [1.807, 2.05) is 30.3 Å². The second-order valence-electron chi connectivity index (χ2n) is 5.68. The van der Waals surface area contributed by atoms with E-state index in [0.717, 1.165) is 14.9 Å². The highest BCUT2D eigenvalue weighted by Gasteiger charge is 2.10. The number of nitrogens with one attached hydrogen (secondary N) is 2. The van der Waals surface area contributed by atoms with Gasteiger partial charge >= 0.3 is 0 Å². The van der Waals surface area contributed by atoms with Crippen LogP contribution in [-0.2, 0) is 11.2 Å². The van der Waals surface area contributed by atoms with Gasteiger partial charge in [-0.1, -0.05) is 45.7 Å². The van der Waals surface area contributed by atoms with Crippen molar-refractivity contribution in [2.45, 2.75) is 6.42 Å². The number of carbonyl (C=O) groups excluding carboxylic acids is 2. The lowest BCUT2D eigenvalue weighted by atomic mass is 10.1.